The van der Waals surface area contributed by atoms with Crippen molar-refractivity contribution in [3.05, 3.63) is 12.3 Å². The molecule has 0 radical (unpaired) electrons. The lowest BCUT2D eigenvalue weighted by atomic mass is 10.3. The van der Waals surface area contributed by atoms with E-state index >= 15 is 0 Å². The normalized spacial score (nSPS) is 11.6. The average molecular weight is 186 g/mol. The fourth-order valence-electron chi connectivity index (χ4n) is 1.07. The first kappa shape index (κ1) is 11.9. The van der Waals surface area contributed by atoms with Crippen molar-refractivity contribution in [1.29, 1.82) is 0 Å². The molecule has 0 aromatic heterocycles. The van der Waals surface area contributed by atoms with Gasteiger partial charge in [0.25, 0.3) is 0 Å². The van der Waals surface area contributed by atoms with E-state index in [0.717, 1.165) is 13.2 Å². The van der Waals surface area contributed by atoms with E-state index in [1.54, 1.807) is 0 Å². The zero-order valence-corrected chi connectivity index (χ0v) is 9.89. The highest BCUT2D eigenvalue weighted by Gasteiger charge is 1.99. The van der Waals surface area contributed by atoms with Gasteiger partial charge in [0.1, 0.15) is 9.68 Å². The van der Waals surface area contributed by atoms with Crippen LogP contribution < -0.4 is 5.32 Å². The topological polar surface area (TPSA) is 15.3 Å². The molecule has 3 heteroatoms. The van der Waals surface area contributed by atoms with Crippen LogP contribution in [0.25, 0.3) is 0 Å². The predicted octanol–water partition coefficient (Wildman–Crippen LogP) is 0.883. The molecule has 72 valence electrons. The quantitative estimate of drug-likeness (QED) is 0.447. The molecule has 0 fully saturated rings. The monoisotopic (exact) mass is 186 g/mol. The van der Waals surface area contributed by atoms with Crippen molar-refractivity contribution >= 4 is 9.68 Å². The van der Waals surface area contributed by atoms with Crippen molar-refractivity contribution in [2.24, 2.45) is 0 Å². The molecule has 0 aliphatic rings. The molecule has 0 saturated carbocycles. The Morgan fingerprint density at radius 3 is 2.75 bits per heavy atom. The van der Waals surface area contributed by atoms with Crippen LogP contribution in [0.5, 0.6) is 0 Å². The minimum Gasteiger partial charge on any atom is -0.314 e. The molecule has 0 bridgehead atoms. The van der Waals surface area contributed by atoms with Gasteiger partial charge in [0, 0.05) is 6.67 Å². The van der Waals surface area contributed by atoms with Gasteiger partial charge in [-0.15, -0.1) is 6.58 Å². The van der Waals surface area contributed by atoms with Gasteiger partial charge in [-0.05, 0) is 19.5 Å². The van der Waals surface area contributed by atoms with Gasteiger partial charge in [0.15, 0.2) is 0 Å². The second-order valence-electron chi connectivity index (χ2n) is 2.98. The van der Waals surface area contributed by atoms with Gasteiger partial charge >= 0.3 is 0 Å². The number of nitrogens with one attached hydrogen (secondary N) is 1. The Kier molecular flexibility index (Phi) is 8.88. The fourth-order valence-corrected chi connectivity index (χ4v) is 2.13. The molecule has 0 spiro atoms. The van der Waals surface area contributed by atoms with E-state index in [1.165, 1.54) is 19.4 Å². The van der Waals surface area contributed by atoms with Gasteiger partial charge in [-0.25, -0.2) is 0 Å². The zero-order chi connectivity index (χ0) is 9.23. The highest BCUT2D eigenvalue weighted by Crippen LogP contribution is 1.91. The van der Waals surface area contributed by atoms with Crippen LogP contribution in [-0.4, -0.2) is 34.0 Å². The van der Waals surface area contributed by atoms with Crippen LogP contribution in [0.15, 0.2) is 12.3 Å². The van der Waals surface area contributed by atoms with Crippen molar-refractivity contribution in [2.75, 3.05) is 19.8 Å². The number of nitrogens with zero attached hydrogens (tertiary/aromatic N) is 1. The Morgan fingerprint density at radius 2 is 2.25 bits per heavy atom. The lowest BCUT2D eigenvalue weighted by Crippen LogP contribution is -2.36. The molecule has 0 atom stereocenters. The van der Waals surface area contributed by atoms with Crippen LogP contribution in [0.3, 0.4) is 0 Å². The van der Waals surface area contributed by atoms with Gasteiger partial charge in [0.05, 0.1) is 0 Å². The predicted molar refractivity (Wildman–Crippen MR) is 58.9 cm³/mol. The van der Waals surface area contributed by atoms with Crippen LogP contribution in [0.4, 0.5) is 0 Å². The molecule has 0 aliphatic carbocycles. The van der Waals surface area contributed by atoms with Gasteiger partial charge in [0.2, 0.25) is 0 Å². The van der Waals surface area contributed by atoms with Crippen molar-refractivity contribution in [3.8, 4) is 0 Å². The zero-order valence-electron chi connectivity index (χ0n) is 8.47. The summed E-state index contributed by atoms with van der Waals surface area (Å²) < 4.78 is 2.51. The molecule has 0 saturated heterocycles. The second kappa shape index (κ2) is 8.97. The summed E-state index contributed by atoms with van der Waals surface area (Å²) in [4.78, 5) is 0. The van der Waals surface area contributed by atoms with Gasteiger partial charge in [-0.1, -0.05) is 26.0 Å². The molecule has 0 rings (SSSR count). The number of unbranched alkanes of at least 4 members (excludes halogenated alkanes) is 1. The van der Waals surface area contributed by atoms with Crippen molar-refractivity contribution in [3.63, 3.8) is 0 Å². The summed E-state index contributed by atoms with van der Waals surface area (Å²) in [5.74, 6) is 0. The Morgan fingerprint density at radius 1 is 1.50 bits per heavy atom. The van der Waals surface area contributed by atoms with E-state index in [1.807, 2.05) is 0 Å². The minimum absolute atomic E-state index is 0.170. The van der Waals surface area contributed by atoms with Crippen LogP contribution >= 0.6 is 0 Å². The first-order valence-electron chi connectivity index (χ1n) is 4.89. The molecule has 2 nitrogen and oxygen atoms in total. The Labute approximate surface area is 78.9 Å². The van der Waals surface area contributed by atoms with Crippen molar-refractivity contribution in [2.45, 2.75) is 26.7 Å². The lowest BCUT2D eigenvalue weighted by Gasteiger charge is -2.20. The van der Waals surface area contributed by atoms with Crippen LogP contribution in [0, 0.1) is 0 Å². The highest BCUT2D eigenvalue weighted by molar-refractivity contribution is 6.38. The number of hydrogen-bond donors (Lipinski definition) is 1. The summed E-state index contributed by atoms with van der Waals surface area (Å²) in [7, 11) is -0.170. The molecular weight excluding hydrogens is 164 g/mol. The van der Waals surface area contributed by atoms with E-state index in [0.29, 0.717) is 0 Å². The largest absolute Gasteiger partial charge is 0.314 e. The SMILES string of the molecule is C=C[SiH2]N(CCCC)CNCC. The summed E-state index contributed by atoms with van der Waals surface area (Å²) in [5.41, 5.74) is 2.10. The van der Waals surface area contributed by atoms with Crippen molar-refractivity contribution in [1.82, 2.24) is 9.88 Å². The standard InChI is InChI=1S/C9H22N2Si/c1-4-7-8-11(12-6-3)9-10-5-2/h6,10H,3-5,7-9,12H2,1-2H3. The van der Waals surface area contributed by atoms with E-state index in [-0.39, 0.29) is 9.68 Å². The molecule has 0 aliphatic heterocycles. The minimum atomic E-state index is -0.170. The average Bonchev–Trinajstić information content (AvgIpc) is 2.10. The van der Waals surface area contributed by atoms with E-state index in [2.05, 4.69) is 36.0 Å². The molecule has 0 aromatic rings. The Bertz CT molecular complexity index is 98.7. The molecule has 0 amide bonds. The second-order valence-corrected chi connectivity index (χ2v) is 4.82. The maximum Gasteiger partial charge on any atom is 0.120 e. The first-order chi connectivity index (χ1) is 5.85. The van der Waals surface area contributed by atoms with Gasteiger partial charge in [-0.2, -0.15) is 0 Å². The van der Waals surface area contributed by atoms with E-state index in [9.17, 15) is 0 Å². The highest BCUT2D eigenvalue weighted by atomic mass is 28.2. The molecule has 0 unspecified atom stereocenters. The third kappa shape index (κ3) is 6.58. The Balaban J connectivity index is 3.46. The molecule has 1 N–H and O–H groups in total. The summed E-state index contributed by atoms with van der Waals surface area (Å²) in [6.45, 7) is 11.5. The lowest BCUT2D eigenvalue weighted by molar-refractivity contribution is 0.400. The molecule has 0 aromatic carbocycles. The maximum atomic E-state index is 3.81. The maximum absolute atomic E-state index is 3.81. The van der Waals surface area contributed by atoms with E-state index in [4.69, 9.17) is 0 Å². The molecule has 12 heavy (non-hydrogen) atoms. The van der Waals surface area contributed by atoms with Crippen LogP contribution in [0.1, 0.15) is 26.7 Å². The van der Waals surface area contributed by atoms with Crippen LogP contribution in [0.2, 0.25) is 0 Å². The number of rotatable bonds is 8. The van der Waals surface area contributed by atoms with E-state index < -0.39 is 0 Å². The summed E-state index contributed by atoms with van der Waals surface area (Å²) in [6.07, 6.45) is 2.60. The van der Waals surface area contributed by atoms with Crippen LogP contribution in [-0.2, 0) is 0 Å². The first-order valence-corrected chi connectivity index (χ1v) is 6.34. The third-order valence-corrected chi connectivity index (χ3v) is 3.12. The third-order valence-electron chi connectivity index (χ3n) is 1.80. The fraction of sp³-hybridized carbons (Fsp3) is 0.778. The Hall–Kier alpha value is -0.123. The summed E-state index contributed by atoms with van der Waals surface area (Å²) >= 11 is 0. The molecular formula is C9H22N2Si. The number of hydrogen-bond acceptors (Lipinski definition) is 2. The van der Waals surface area contributed by atoms with Gasteiger partial charge < -0.3 is 9.88 Å². The molecule has 0 heterocycles. The summed E-state index contributed by atoms with van der Waals surface area (Å²) in [5, 5.41) is 3.35. The summed E-state index contributed by atoms with van der Waals surface area (Å²) in [6, 6.07) is 0. The van der Waals surface area contributed by atoms with Crippen molar-refractivity contribution < 1.29 is 0 Å². The smallest absolute Gasteiger partial charge is 0.120 e. The van der Waals surface area contributed by atoms with Gasteiger partial charge in [-0.3, -0.25) is 0 Å².